The largest absolute Gasteiger partial charge is 0.481 e. The first-order chi connectivity index (χ1) is 7.09. The van der Waals surface area contributed by atoms with Crippen LogP contribution in [0.4, 0.5) is 0 Å². The predicted octanol–water partition coefficient (Wildman–Crippen LogP) is 2.30. The minimum Gasteiger partial charge on any atom is -0.481 e. The molecule has 0 bridgehead atoms. The molecule has 1 saturated carbocycles. The van der Waals surface area contributed by atoms with Crippen LogP contribution in [0.2, 0.25) is 0 Å². The maximum atomic E-state index is 10.8. The number of aliphatic carboxylic acids is 1. The second-order valence-corrected chi connectivity index (χ2v) is 5.10. The average Bonchev–Trinajstić information content (AvgIpc) is 2.43. The average molecular weight is 212 g/mol. The van der Waals surface area contributed by atoms with Gasteiger partial charge in [-0.1, -0.05) is 13.3 Å². The van der Waals surface area contributed by atoms with Gasteiger partial charge in [0.25, 0.3) is 0 Å². The van der Waals surface area contributed by atoms with Gasteiger partial charge in [-0.2, -0.15) is 0 Å². The lowest BCUT2D eigenvalue weighted by molar-refractivity contribution is -0.139. The molecule has 0 aromatic carbocycles. The highest BCUT2D eigenvalue weighted by molar-refractivity contribution is 5.67. The van der Waals surface area contributed by atoms with Crippen molar-refractivity contribution in [1.29, 1.82) is 0 Å². The van der Waals surface area contributed by atoms with E-state index < -0.39 is 5.97 Å². The maximum Gasteiger partial charge on any atom is 0.303 e. The molecule has 0 aromatic heterocycles. The van der Waals surface area contributed by atoms with Crippen LogP contribution in [0.25, 0.3) is 0 Å². The third-order valence-corrected chi connectivity index (χ3v) is 4.21. The molecular weight excluding hydrogens is 192 g/mol. The fraction of sp³-hybridized carbons (Fsp3) is 0.917. The quantitative estimate of drug-likeness (QED) is 0.764. The van der Waals surface area contributed by atoms with Crippen LogP contribution in [-0.2, 0) is 9.53 Å². The van der Waals surface area contributed by atoms with Gasteiger partial charge in [0.05, 0.1) is 12.2 Å². The van der Waals surface area contributed by atoms with Gasteiger partial charge in [-0.25, -0.2) is 0 Å². The summed E-state index contributed by atoms with van der Waals surface area (Å²) < 4.78 is 5.90. The summed E-state index contributed by atoms with van der Waals surface area (Å²) in [7, 11) is 0. The zero-order valence-electron chi connectivity index (χ0n) is 9.48. The molecule has 1 heterocycles. The Bertz CT molecular complexity index is 251. The van der Waals surface area contributed by atoms with Gasteiger partial charge >= 0.3 is 5.97 Å². The van der Waals surface area contributed by atoms with E-state index in [1.807, 2.05) is 0 Å². The van der Waals surface area contributed by atoms with Crippen molar-refractivity contribution in [3.8, 4) is 0 Å². The maximum absolute atomic E-state index is 10.8. The number of hydrogen-bond acceptors (Lipinski definition) is 2. The molecule has 0 amide bonds. The first kappa shape index (κ1) is 10.9. The minimum atomic E-state index is -0.660. The molecule has 2 fully saturated rings. The number of carboxylic acid groups (broad SMARTS) is 1. The number of carboxylic acids is 1. The van der Waals surface area contributed by atoms with E-state index in [0.717, 1.165) is 19.3 Å². The topological polar surface area (TPSA) is 46.5 Å². The molecule has 0 aromatic rings. The molecule has 3 heteroatoms. The minimum absolute atomic E-state index is 0.300. The lowest BCUT2D eigenvalue weighted by Crippen LogP contribution is -2.33. The summed E-state index contributed by atoms with van der Waals surface area (Å²) in [6.45, 7) is 4.32. The monoisotopic (exact) mass is 212 g/mol. The molecule has 1 saturated heterocycles. The zero-order chi connectivity index (χ0) is 11.0. The van der Waals surface area contributed by atoms with Crippen LogP contribution in [0.3, 0.4) is 0 Å². The fourth-order valence-corrected chi connectivity index (χ4v) is 3.37. The second kappa shape index (κ2) is 4.12. The molecular formula is C12H20O3. The normalized spacial score (nSPS) is 45.1. The summed E-state index contributed by atoms with van der Waals surface area (Å²) in [5, 5.41) is 8.90. The fourth-order valence-electron chi connectivity index (χ4n) is 3.37. The van der Waals surface area contributed by atoms with Gasteiger partial charge in [-0.3, -0.25) is 4.79 Å². The number of fused-ring (bicyclic) bond motifs is 1. The van der Waals surface area contributed by atoms with Crippen molar-refractivity contribution in [1.82, 2.24) is 0 Å². The Morgan fingerprint density at radius 2 is 2.13 bits per heavy atom. The molecule has 1 aliphatic carbocycles. The summed E-state index contributed by atoms with van der Waals surface area (Å²) in [4.78, 5) is 10.8. The standard InChI is InChI=1S/C12H20O3/c1-7-8(2)15-10-5-3-4-9(12(7)10)6-11(13)14/h7-10,12H,3-6H2,1-2H3,(H,13,14)/t7-,8-,9+,10+,12+/m0/s1. The number of carbonyl (C=O) groups is 1. The van der Waals surface area contributed by atoms with Gasteiger partial charge in [0, 0.05) is 6.42 Å². The Morgan fingerprint density at radius 1 is 1.40 bits per heavy atom. The Morgan fingerprint density at radius 3 is 2.80 bits per heavy atom. The van der Waals surface area contributed by atoms with E-state index in [9.17, 15) is 4.79 Å². The van der Waals surface area contributed by atoms with E-state index in [1.54, 1.807) is 0 Å². The highest BCUT2D eigenvalue weighted by atomic mass is 16.5. The van der Waals surface area contributed by atoms with Crippen LogP contribution in [0.1, 0.15) is 39.5 Å². The van der Waals surface area contributed by atoms with E-state index in [0.29, 0.717) is 36.4 Å². The van der Waals surface area contributed by atoms with Crippen molar-refractivity contribution in [3.05, 3.63) is 0 Å². The predicted molar refractivity (Wildman–Crippen MR) is 56.6 cm³/mol. The van der Waals surface area contributed by atoms with Gasteiger partial charge in [-0.05, 0) is 37.5 Å². The van der Waals surface area contributed by atoms with E-state index in [2.05, 4.69) is 13.8 Å². The molecule has 1 N–H and O–H groups in total. The van der Waals surface area contributed by atoms with Gasteiger partial charge in [0.1, 0.15) is 0 Å². The SMILES string of the molecule is C[C@@H]1[C@@H]2[C@@H](CC(=O)O)CCC[C@H]2O[C@H]1C. The zero-order valence-corrected chi connectivity index (χ0v) is 9.48. The molecule has 3 nitrogen and oxygen atoms in total. The van der Waals surface area contributed by atoms with Crippen molar-refractivity contribution in [2.45, 2.75) is 51.7 Å². The van der Waals surface area contributed by atoms with Crippen LogP contribution < -0.4 is 0 Å². The molecule has 0 radical (unpaired) electrons. The number of hydrogen-bond donors (Lipinski definition) is 1. The summed E-state index contributed by atoms with van der Waals surface area (Å²) >= 11 is 0. The van der Waals surface area contributed by atoms with E-state index in [1.165, 1.54) is 0 Å². The molecule has 0 spiro atoms. The van der Waals surface area contributed by atoms with E-state index >= 15 is 0 Å². The second-order valence-electron chi connectivity index (χ2n) is 5.10. The van der Waals surface area contributed by atoms with Crippen LogP contribution in [-0.4, -0.2) is 23.3 Å². The summed E-state index contributed by atoms with van der Waals surface area (Å²) in [6, 6.07) is 0. The number of rotatable bonds is 2. The van der Waals surface area contributed by atoms with Crippen LogP contribution in [0.15, 0.2) is 0 Å². The van der Waals surface area contributed by atoms with Crippen molar-refractivity contribution < 1.29 is 14.6 Å². The molecule has 2 rings (SSSR count). The molecule has 0 unspecified atom stereocenters. The lowest BCUT2D eigenvalue weighted by atomic mass is 9.71. The molecule has 1 aliphatic heterocycles. The highest BCUT2D eigenvalue weighted by Gasteiger charge is 2.45. The smallest absolute Gasteiger partial charge is 0.303 e. The van der Waals surface area contributed by atoms with Gasteiger partial charge in [0.2, 0.25) is 0 Å². The Labute approximate surface area is 90.8 Å². The van der Waals surface area contributed by atoms with Crippen molar-refractivity contribution in [3.63, 3.8) is 0 Å². The lowest BCUT2D eigenvalue weighted by Gasteiger charge is -2.33. The van der Waals surface area contributed by atoms with Crippen molar-refractivity contribution in [2.24, 2.45) is 17.8 Å². The molecule has 15 heavy (non-hydrogen) atoms. The summed E-state index contributed by atoms with van der Waals surface area (Å²) in [6.07, 6.45) is 4.26. The van der Waals surface area contributed by atoms with Crippen molar-refractivity contribution in [2.75, 3.05) is 0 Å². The first-order valence-corrected chi connectivity index (χ1v) is 5.97. The van der Waals surface area contributed by atoms with Crippen LogP contribution in [0, 0.1) is 17.8 Å². The van der Waals surface area contributed by atoms with E-state index in [-0.39, 0.29) is 0 Å². The van der Waals surface area contributed by atoms with Gasteiger partial charge in [0.15, 0.2) is 0 Å². The van der Waals surface area contributed by atoms with Gasteiger partial charge < -0.3 is 9.84 Å². The van der Waals surface area contributed by atoms with E-state index in [4.69, 9.17) is 9.84 Å². The molecule has 86 valence electrons. The summed E-state index contributed by atoms with van der Waals surface area (Å²) in [5.41, 5.74) is 0. The van der Waals surface area contributed by atoms with Gasteiger partial charge in [-0.15, -0.1) is 0 Å². The highest BCUT2D eigenvalue weighted by Crippen LogP contribution is 2.45. The number of ether oxygens (including phenoxy) is 1. The Balaban J connectivity index is 2.08. The molecule has 2 aliphatic rings. The van der Waals surface area contributed by atoms with Crippen LogP contribution in [0.5, 0.6) is 0 Å². The van der Waals surface area contributed by atoms with Crippen molar-refractivity contribution >= 4 is 5.97 Å². The third-order valence-electron chi connectivity index (χ3n) is 4.21. The Kier molecular flexibility index (Phi) is 3.01. The molecule has 5 atom stereocenters. The first-order valence-electron chi connectivity index (χ1n) is 5.97. The Hall–Kier alpha value is -0.570. The third kappa shape index (κ3) is 2.03. The van der Waals surface area contributed by atoms with Crippen LogP contribution >= 0.6 is 0 Å². The summed E-state index contributed by atoms with van der Waals surface area (Å²) in [5.74, 6) is 0.665.